The predicted octanol–water partition coefficient (Wildman–Crippen LogP) is 4.54. The summed E-state index contributed by atoms with van der Waals surface area (Å²) in [6, 6.07) is 7.56. The second-order valence-electron chi connectivity index (χ2n) is 5.79. The molecule has 0 aliphatic heterocycles. The number of benzene rings is 1. The number of hydrogen-bond acceptors (Lipinski definition) is 1. The van der Waals surface area contributed by atoms with Crippen LogP contribution in [-0.2, 0) is 6.42 Å². The van der Waals surface area contributed by atoms with Gasteiger partial charge in [-0.3, -0.25) is 0 Å². The topological polar surface area (TPSA) is 20.2 Å². The van der Waals surface area contributed by atoms with E-state index in [9.17, 15) is 0 Å². The molecule has 1 aromatic rings. The van der Waals surface area contributed by atoms with Crippen LogP contribution >= 0.6 is 0 Å². The second-order valence-corrected chi connectivity index (χ2v) is 5.79. The lowest BCUT2D eigenvalue weighted by molar-refractivity contribution is 0.358. The van der Waals surface area contributed by atoms with E-state index < -0.39 is 0 Å². The van der Waals surface area contributed by atoms with Crippen LogP contribution in [0.1, 0.15) is 52.0 Å². The van der Waals surface area contributed by atoms with Gasteiger partial charge in [-0.15, -0.1) is 0 Å². The van der Waals surface area contributed by atoms with Gasteiger partial charge in [-0.2, -0.15) is 0 Å². The Morgan fingerprint density at radius 2 is 1.56 bits per heavy atom. The van der Waals surface area contributed by atoms with E-state index in [1.54, 1.807) is 12.1 Å². The van der Waals surface area contributed by atoms with E-state index in [0.717, 1.165) is 6.42 Å². The van der Waals surface area contributed by atoms with Gasteiger partial charge < -0.3 is 5.11 Å². The highest BCUT2D eigenvalue weighted by Crippen LogP contribution is 2.22. The lowest BCUT2D eigenvalue weighted by atomic mass is 9.89. The molecule has 0 aromatic heterocycles. The summed E-state index contributed by atoms with van der Waals surface area (Å²) < 4.78 is 0. The Morgan fingerprint density at radius 3 is 2.12 bits per heavy atom. The van der Waals surface area contributed by atoms with Crippen LogP contribution in [0.15, 0.2) is 24.3 Å². The SMILES string of the molecule is CC(C)(C)CCCCCc1ccc(O)cc1. The summed E-state index contributed by atoms with van der Waals surface area (Å²) in [6.45, 7) is 6.90. The molecule has 0 saturated heterocycles. The Kier molecular flexibility index (Phi) is 4.85. The Labute approximate surface area is 99.5 Å². The van der Waals surface area contributed by atoms with E-state index in [2.05, 4.69) is 20.8 Å². The maximum atomic E-state index is 9.16. The Balaban J connectivity index is 2.14. The average Bonchev–Trinajstić information content (AvgIpc) is 2.19. The van der Waals surface area contributed by atoms with Crippen molar-refractivity contribution in [1.82, 2.24) is 0 Å². The Bertz CT molecular complexity index is 292. The fourth-order valence-corrected chi connectivity index (χ4v) is 1.82. The minimum atomic E-state index is 0.358. The van der Waals surface area contributed by atoms with Crippen molar-refractivity contribution in [3.05, 3.63) is 29.8 Å². The van der Waals surface area contributed by atoms with E-state index in [4.69, 9.17) is 5.11 Å². The molecule has 1 rings (SSSR count). The van der Waals surface area contributed by atoms with Gasteiger partial charge in [-0.05, 0) is 42.4 Å². The molecule has 0 bridgehead atoms. The molecular formula is C15H24O. The third-order valence-corrected chi connectivity index (χ3v) is 2.83. The zero-order chi connectivity index (χ0) is 12.0. The van der Waals surface area contributed by atoms with Crippen LogP contribution < -0.4 is 0 Å². The standard InChI is InChI=1S/C15H24O/c1-15(2,3)12-6-4-5-7-13-8-10-14(16)11-9-13/h8-11,16H,4-7,12H2,1-3H3. The van der Waals surface area contributed by atoms with Crippen molar-refractivity contribution in [3.8, 4) is 5.75 Å². The second kappa shape index (κ2) is 5.93. The van der Waals surface area contributed by atoms with Crippen LogP contribution in [0.2, 0.25) is 0 Å². The maximum absolute atomic E-state index is 9.16. The molecule has 0 aliphatic carbocycles. The summed E-state index contributed by atoms with van der Waals surface area (Å²) >= 11 is 0. The average molecular weight is 220 g/mol. The number of hydrogen-bond donors (Lipinski definition) is 1. The van der Waals surface area contributed by atoms with Crippen molar-refractivity contribution in [3.63, 3.8) is 0 Å². The lowest BCUT2D eigenvalue weighted by Crippen LogP contribution is -2.04. The van der Waals surface area contributed by atoms with E-state index >= 15 is 0 Å². The molecule has 1 nitrogen and oxygen atoms in total. The molecule has 1 heteroatoms. The lowest BCUT2D eigenvalue weighted by Gasteiger charge is -2.17. The molecule has 1 N–H and O–H groups in total. The Hall–Kier alpha value is -0.980. The Morgan fingerprint density at radius 1 is 0.938 bits per heavy atom. The van der Waals surface area contributed by atoms with Crippen molar-refractivity contribution in [1.29, 1.82) is 0 Å². The summed E-state index contributed by atoms with van der Waals surface area (Å²) in [5.74, 6) is 0.358. The fourth-order valence-electron chi connectivity index (χ4n) is 1.82. The molecule has 0 spiro atoms. The van der Waals surface area contributed by atoms with Gasteiger partial charge in [-0.1, -0.05) is 45.7 Å². The highest BCUT2D eigenvalue weighted by molar-refractivity contribution is 5.25. The number of aromatic hydroxyl groups is 1. The van der Waals surface area contributed by atoms with Crippen molar-refractivity contribution in [2.75, 3.05) is 0 Å². The summed E-state index contributed by atoms with van der Waals surface area (Å²) in [7, 11) is 0. The minimum Gasteiger partial charge on any atom is -0.508 e. The van der Waals surface area contributed by atoms with Crippen LogP contribution in [0.4, 0.5) is 0 Å². The predicted molar refractivity (Wildman–Crippen MR) is 69.7 cm³/mol. The molecular weight excluding hydrogens is 196 g/mol. The van der Waals surface area contributed by atoms with E-state index in [1.807, 2.05) is 12.1 Å². The summed E-state index contributed by atoms with van der Waals surface area (Å²) in [4.78, 5) is 0. The summed E-state index contributed by atoms with van der Waals surface area (Å²) in [5, 5.41) is 9.16. The zero-order valence-corrected chi connectivity index (χ0v) is 10.8. The summed E-state index contributed by atoms with van der Waals surface area (Å²) in [5.41, 5.74) is 1.80. The zero-order valence-electron chi connectivity index (χ0n) is 10.8. The van der Waals surface area contributed by atoms with Gasteiger partial charge in [0.1, 0.15) is 5.75 Å². The van der Waals surface area contributed by atoms with E-state index in [0.29, 0.717) is 11.2 Å². The van der Waals surface area contributed by atoms with Crippen molar-refractivity contribution in [2.24, 2.45) is 5.41 Å². The molecule has 0 saturated carbocycles. The van der Waals surface area contributed by atoms with Crippen LogP contribution in [0.25, 0.3) is 0 Å². The molecule has 0 amide bonds. The first-order chi connectivity index (χ1) is 7.47. The number of phenolic OH excluding ortho intramolecular Hbond substituents is 1. The first-order valence-corrected chi connectivity index (χ1v) is 6.25. The molecule has 0 atom stereocenters. The van der Waals surface area contributed by atoms with E-state index in [-0.39, 0.29) is 0 Å². The first kappa shape index (κ1) is 13.1. The van der Waals surface area contributed by atoms with Gasteiger partial charge in [0.25, 0.3) is 0 Å². The van der Waals surface area contributed by atoms with Crippen LogP contribution in [0.3, 0.4) is 0 Å². The highest BCUT2D eigenvalue weighted by atomic mass is 16.3. The van der Waals surface area contributed by atoms with Crippen LogP contribution in [0.5, 0.6) is 5.75 Å². The molecule has 16 heavy (non-hydrogen) atoms. The minimum absolute atomic E-state index is 0.358. The third kappa shape index (κ3) is 5.79. The van der Waals surface area contributed by atoms with E-state index in [1.165, 1.54) is 31.2 Å². The van der Waals surface area contributed by atoms with Crippen LogP contribution in [0, 0.1) is 5.41 Å². The normalized spacial score (nSPS) is 11.7. The van der Waals surface area contributed by atoms with Gasteiger partial charge >= 0.3 is 0 Å². The largest absolute Gasteiger partial charge is 0.508 e. The first-order valence-electron chi connectivity index (χ1n) is 6.25. The fraction of sp³-hybridized carbons (Fsp3) is 0.600. The molecule has 0 unspecified atom stereocenters. The molecule has 0 fully saturated rings. The quantitative estimate of drug-likeness (QED) is 0.722. The number of phenols is 1. The molecule has 0 heterocycles. The maximum Gasteiger partial charge on any atom is 0.115 e. The molecule has 0 radical (unpaired) electrons. The van der Waals surface area contributed by atoms with Gasteiger partial charge in [0.15, 0.2) is 0 Å². The van der Waals surface area contributed by atoms with Crippen molar-refractivity contribution in [2.45, 2.75) is 52.9 Å². The summed E-state index contributed by atoms with van der Waals surface area (Å²) in [6.07, 6.45) is 6.31. The van der Waals surface area contributed by atoms with Crippen molar-refractivity contribution >= 4 is 0 Å². The monoisotopic (exact) mass is 220 g/mol. The third-order valence-electron chi connectivity index (χ3n) is 2.83. The number of rotatable bonds is 5. The van der Waals surface area contributed by atoms with Crippen LogP contribution in [-0.4, -0.2) is 5.11 Å². The highest BCUT2D eigenvalue weighted by Gasteiger charge is 2.08. The molecule has 90 valence electrons. The van der Waals surface area contributed by atoms with Gasteiger partial charge in [-0.25, -0.2) is 0 Å². The smallest absolute Gasteiger partial charge is 0.115 e. The van der Waals surface area contributed by atoms with Gasteiger partial charge in [0.2, 0.25) is 0 Å². The van der Waals surface area contributed by atoms with Crippen molar-refractivity contribution < 1.29 is 5.11 Å². The van der Waals surface area contributed by atoms with Gasteiger partial charge in [0, 0.05) is 0 Å². The van der Waals surface area contributed by atoms with Gasteiger partial charge in [0.05, 0.1) is 0 Å². The number of unbranched alkanes of at least 4 members (excludes halogenated alkanes) is 2. The molecule has 0 aliphatic rings. The number of aryl methyl sites for hydroxylation is 1. The molecule has 1 aromatic carbocycles.